The van der Waals surface area contributed by atoms with Crippen molar-refractivity contribution in [1.82, 2.24) is 15.3 Å². The van der Waals surface area contributed by atoms with Crippen LogP contribution in [-0.2, 0) is 0 Å². The van der Waals surface area contributed by atoms with E-state index >= 15 is 0 Å². The Kier molecular flexibility index (Phi) is 3.60. The zero-order valence-corrected chi connectivity index (χ0v) is 11.0. The molecule has 1 atom stereocenters. The van der Waals surface area contributed by atoms with E-state index in [1.54, 1.807) is 12.4 Å². The summed E-state index contributed by atoms with van der Waals surface area (Å²) in [4.78, 5) is 10.7. The molecule has 1 N–H and O–H groups in total. The van der Waals surface area contributed by atoms with Gasteiger partial charge in [-0.15, -0.1) is 0 Å². The molecule has 2 aliphatic rings. The van der Waals surface area contributed by atoms with Crippen molar-refractivity contribution in [2.24, 2.45) is 5.92 Å². The van der Waals surface area contributed by atoms with Crippen LogP contribution in [0.3, 0.4) is 0 Å². The highest BCUT2D eigenvalue weighted by molar-refractivity contribution is 5.37. The Balaban J connectivity index is 1.58. The number of nitriles is 1. The molecule has 0 aromatic carbocycles. The molecule has 0 saturated carbocycles. The number of hydrogen-bond acceptors (Lipinski definition) is 5. The summed E-state index contributed by atoms with van der Waals surface area (Å²) in [6, 6.07) is 2.73. The second-order valence-corrected chi connectivity index (χ2v) is 5.40. The maximum absolute atomic E-state index is 8.72. The van der Waals surface area contributed by atoms with Crippen LogP contribution in [0.1, 0.15) is 31.4 Å². The maximum Gasteiger partial charge on any atom is 0.158 e. The Morgan fingerprint density at radius 1 is 1.21 bits per heavy atom. The minimum absolute atomic E-state index is 0.383. The molecule has 2 aliphatic heterocycles. The van der Waals surface area contributed by atoms with Gasteiger partial charge in [0.2, 0.25) is 0 Å². The van der Waals surface area contributed by atoms with Gasteiger partial charge in [-0.1, -0.05) is 0 Å². The summed E-state index contributed by atoms with van der Waals surface area (Å²) >= 11 is 0. The summed E-state index contributed by atoms with van der Waals surface area (Å²) in [7, 11) is 0. The molecular weight excluding hydrogens is 238 g/mol. The Morgan fingerprint density at radius 3 is 2.63 bits per heavy atom. The van der Waals surface area contributed by atoms with Crippen molar-refractivity contribution in [2.45, 2.75) is 31.7 Å². The highest BCUT2D eigenvalue weighted by Crippen LogP contribution is 2.27. The highest BCUT2D eigenvalue weighted by Gasteiger charge is 2.28. The van der Waals surface area contributed by atoms with Crippen molar-refractivity contribution in [3.8, 4) is 6.07 Å². The van der Waals surface area contributed by atoms with Crippen LogP contribution in [0.15, 0.2) is 12.4 Å². The molecular formula is C14H19N5. The maximum atomic E-state index is 8.72. The van der Waals surface area contributed by atoms with Crippen molar-refractivity contribution in [3.63, 3.8) is 0 Å². The van der Waals surface area contributed by atoms with E-state index in [2.05, 4.69) is 20.2 Å². The van der Waals surface area contributed by atoms with E-state index < -0.39 is 0 Å². The van der Waals surface area contributed by atoms with E-state index in [9.17, 15) is 0 Å². The Bertz CT molecular complexity index is 450. The molecule has 1 aromatic heterocycles. The predicted molar refractivity (Wildman–Crippen MR) is 72.7 cm³/mol. The van der Waals surface area contributed by atoms with E-state index in [0.29, 0.717) is 5.69 Å². The first kappa shape index (κ1) is 12.4. The zero-order chi connectivity index (χ0) is 13.1. The summed E-state index contributed by atoms with van der Waals surface area (Å²) in [5, 5.41) is 12.3. The summed E-state index contributed by atoms with van der Waals surface area (Å²) in [6.45, 7) is 3.28. The van der Waals surface area contributed by atoms with Crippen LogP contribution in [0.2, 0.25) is 0 Å². The molecule has 0 aliphatic carbocycles. The third-order valence-corrected chi connectivity index (χ3v) is 4.28. The number of nitrogens with one attached hydrogen (secondary N) is 1. The molecule has 3 heterocycles. The van der Waals surface area contributed by atoms with Gasteiger partial charge in [0.1, 0.15) is 11.9 Å². The Hall–Kier alpha value is -1.67. The van der Waals surface area contributed by atoms with Crippen LogP contribution in [-0.4, -0.2) is 35.6 Å². The quantitative estimate of drug-likeness (QED) is 0.865. The first-order chi connectivity index (χ1) is 9.36. The van der Waals surface area contributed by atoms with Gasteiger partial charge in [0.25, 0.3) is 0 Å². The molecule has 2 saturated heterocycles. The molecule has 3 rings (SSSR count). The van der Waals surface area contributed by atoms with Gasteiger partial charge in [-0.05, 0) is 38.1 Å². The average Bonchev–Trinajstić information content (AvgIpc) is 3.02. The number of aromatic nitrogens is 2. The summed E-state index contributed by atoms with van der Waals surface area (Å²) in [6.07, 6.45) is 8.37. The third-order valence-electron chi connectivity index (χ3n) is 4.28. The van der Waals surface area contributed by atoms with Crippen molar-refractivity contribution in [1.29, 1.82) is 5.26 Å². The predicted octanol–water partition coefficient (Wildman–Crippen LogP) is 1.32. The Morgan fingerprint density at radius 2 is 2.05 bits per heavy atom. The van der Waals surface area contributed by atoms with Crippen molar-refractivity contribution < 1.29 is 0 Å². The second-order valence-electron chi connectivity index (χ2n) is 5.40. The minimum atomic E-state index is 0.383. The molecule has 2 fully saturated rings. The van der Waals surface area contributed by atoms with Crippen LogP contribution in [0.5, 0.6) is 0 Å². The van der Waals surface area contributed by atoms with Crippen LogP contribution in [0, 0.1) is 17.2 Å². The molecule has 5 nitrogen and oxygen atoms in total. The first-order valence-electron chi connectivity index (χ1n) is 7.07. The van der Waals surface area contributed by atoms with Gasteiger partial charge < -0.3 is 10.2 Å². The Labute approximate surface area is 113 Å². The lowest BCUT2D eigenvalue weighted by atomic mass is 9.88. The standard InChI is InChI=1S/C14H19N5/c15-8-12-9-18-14(10-17-12)19-6-3-11(4-7-19)13-2-1-5-16-13/h9-11,13,16H,1-7H2. The van der Waals surface area contributed by atoms with Crippen LogP contribution >= 0.6 is 0 Å². The lowest BCUT2D eigenvalue weighted by Gasteiger charge is -2.35. The van der Waals surface area contributed by atoms with Crippen molar-refractivity contribution in [2.75, 3.05) is 24.5 Å². The fourth-order valence-electron chi connectivity index (χ4n) is 3.19. The fourth-order valence-corrected chi connectivity index (χ4v) is 3.19. The summed E-state index contributed by atoms with van der Waals surface area (Å²) in [5.41, 5.74) is 0.383. The fraction of sp³-hybridized carbons (Fsp3) is 0.643. The van der Waals surface area contributed by atoms with Gasteiger partial charge in [-0.25, -0.2) is 9.97 Å². The lowest BCUT2D eigenvalue weighted by molar-refractivity contribution is 0.318. The van der Waals surface area contributed by atoms with Gasteiger partial charge in [0, 0.05) is 19.1 Å². The van der Waals surface area contributed by atoms with E-state index in [0.717, 1.165) is 30.9 Å². The largest absolute Gasteiger partial charge is 0.355 e. The van der Waals surface area contributed by atoms with Crippen molar-refractivity contribution in [3.05, 3.63) is 18.1 Å². The zero-order valence-electron chi connectivity index (χ0n) is 11.0. The molecule has 19 heavy (non-hydrogen) atoms. The first-order valence-corrected chi connectivity index (χ1v) is 7.07. The minimum Gasteiger partial charge on any atom is -0.355 e. The van der Waals surface area contributed by atoms with Gasteiger partial charge in [-0.3, -0.25) is 0 Å². The normalized spacial score (nSPS) is 24.4. The highest BCUT2D eigenvalue weighted by atomic mass is 15.2. The van der Waals surface area contributed by atoms with E-state index in [1.165, 1.54) is 32.2 Å². The van der Waals surface area contributed by atoms with Gasteiger partial charge >= 0.3 is 0 Å². The van der Waals surface area contributed by atoms with Crippen molar-refractivity contribution >= 4 is 5.82 Å². The second kappa shape index (κ2) is 5.54. The molecule has 0 spiro atoms. The van der Waals surface area contributed by atoms with Crippen LogP contribution in [0.25, 0.3) is 0 Å². The van der Waals surface area contributed by atoms with Crippen LogP contribution < -0.4 is 10.2 Å². The molecule has 0 bridgehead atoms. The van der Waals surface area contributed by atoms with Gasteiger partial charge in [0.05, 0.1) is 12.4 Å². The molecule has 0 radical (unpaired) electrons. The van der Waals surface area contributed by atoms with E-state index in [1.807, 2.05) is 6.07 Å². The SMILES string of the molecule is N#Cc1cnc(N2CCC(C3CCCN3)CC2)cn1. The number of piperidine rings is 1. The molecule has 1 unspecified atom stereocenters. The van der Waals surface area contributed by atoms with Crippen LogP contribution in [0.4, 0.5) is 5.82 Å². The summed E-state index contributed by atoms with van der Waals surface area (Å²) in [5.74, 6) is 1.71. The van der Waals surface area contributed by atoms with Gasteiger partial charge in [0.15, 0.2) is 5.69 Å². The molecule has 100 valence electrons. The molecule has 5 heteroatoms. The van der Waals surface area contributed by atoms with Gasteiger partial charge in [-0.2, -0.15) is 5.26 Å². The number of anilines is 1. The summed E-state index contributed by atoms with van der Waals surface area (Å²) < 4.78 is 0. The smallest absolute Gasteiger partial charge is 0.158 e. The molecule has 0 amide bonds. The number of nitrogens with zero attached hydrogens (tertiary/aromatic N) is 4. The lowest BCUT2D eigenvalue weighted by Crippen LogP contribution is -2.41. The number of hydrogen-bond donors (Lipinski definition) is 1. The van der Waals surface area contributed by atoms with E-state index in [-0.39, 0.29) is 0 Å². The third kappa shape index (κ3) is 2.69. The number of rotatable bonds is 2. The average molecular weight is 257 g/mol. The monoisotopic (exact) mass is 257 g/mol. The molecule has 1 aromatic rings. The topological polar surface area (TPSA) is 64.8 Å². The van der Waals surface area contributed by atoms with E-state index in [4.69, 9.17) is 5.26 Å².